The standard InChI is InChI=1S/C17H18N4O3/c18-17-19-8-13(9-20-17)2-4-16(23)21-5-6-24-15-3-1-12(11-22)7-14(15)10-21/h1-4,7-9,22H,5-6,10-11H2,(H2,18,19,20)/b4-2+. The highest BCUT2D eigenvalue weighted by molar-refractivity contribution is 5.91. The molecule has 7 nitrogen and oxygen atoms in total. The molecule has 0 saturated carbocycles. The third-order valence-electron chi connectivity index (χ3n) is 3.71. The van der Waals surface area contributed by atoms with E-state index in [2.05, 4.69) is 9.97 Å². The Labute approximate surface area is 139 Å². The first-order valence-corrected chi connectivity index (χ1v) is 7.55. The number of hydrogen-bond acceptors (Lipinski definition) is 6. The minimum absolute atomic E-state index is 0.0434. The van der Waals surface area contributed by atoms with E-state index in [4.69, 9.17) is 10.5 Å². The maximum Gasteiger partial charge on any atom is 0.246 e. The highest BCUT2D eigenvalue weighted by Crippen LogP contribution is 2.24. The van der Waals surface area contributed by atoms with E-state index in [1.165, 1.54) is 6.08 Å². The molecule has 3 N–H and O–H groups in total. The van der Waals surface area contributed by atoms with Gasteiger partial charge in [0.2, 0.25) is 11.9 Å². The molecule has 3 rings (SSSR count). The van der Waals surface area contributed by atoms with Crippen molar-refractivity contribution in [3.05, 3.63) is 53.4 Å². The summed E-state index contributed by atoms with van der Waals surface area (Å²) in [6, 6.07) is 5.51. The van der Waals surface area contributed by atoms with E-state index in [0.29, 0.717) is 25.3 Å². The number of anilines is 1. The first kappa shape index (κ1) is 15.9. The molecule has 1 amide bonds. The van der Waals surface area contributed by atoms with Gasteiger partial charge < -0.3 is 20.5 Å². The van der Waals surface area contributed by atoms with E-state index >= 15 is 0 Å². The van der Waals surface area contributed by atoms with E-state index in [1.807, 2.05) is 18.2 Å². The van der Waals surface area contributed by atoms with Crippen LogP contribution in [0.1, 0.15) is 16.7 Å². The molecule has 0 saturated heterocycles. The number of fused-ring (bicyclic) bond motifs is 1. The van der Waals surface area contributed by atoms with Crippen LogP contribution in [-0.4, -0.2) is 39.0 Å². The van der Waals surface area contributed by atoms with Crippen molar-refractivity contribution in [2.45, 2.75) is 13.2 Å². The highest BCUT2D eigenvalue weighted by atomic mass is 16.5. The Morgan fingerprint density at radius 1 is 1.38 bits per heavy atom. The highest BCUT2D eigenvalue weighted by Gasteiger charge is 2.18. The summed E-state index contributed by atoms with van der Waals surface area (Å²) in [5, 5.41) is 9.26. The van der Waals surface area contributed by atoms with Crippen LogP contribution in [0, 0.1) is 0 Å². The summed E-state index contributed by atoms with van der Waals surface area (Å²) in [4.78, 5) is 21.9. The zero-order chi connectivity index (χ0) is 16.9. The molecule has 0 radical (unpaired) electrons. The van der Waals surface area contributed by atoms with Crippen LogP contribution in [0.5, 0.6) is 5.75 Å². The Kier molecular flexibility index (Phi) is 4.72. The lowest BCUT2D eigenvalue weighted by Crippen LogP contribution is -2.30. The fourth-order valence-electron chi connectivity index (χ4n) is 2.44. The van der Waals surface area contributed by atoms with Gasteiger partial charge in [-0.2, -0.15) is 0 Å². The molecule has 124 valence electrons. The van der Waals surface area contributed by atoms with Crippen molar-refractivity contribution < 1.29 is 14.6 Å². The number of benzene rings is 1. The van der Waals surface area contributed by atoms with E-state index in [0.717, 1.165) is 16.9 Å². The van der Waals surface area contributed by atoms with Gasteiger partial charge in [-0.05, 0) is 23.8 Å². The number of amides is 1. The molecule has 2 heterocycles. The molecule has 1 aromatic heterocycles. The average Bonchev–Trinajstić information content (AvgIpc) is 2.82. The zero-order valence-corrected chi connectivity index (χ0v) is 13.1. The average molecular weight is 326 g/mol. The molecule has 24 heavy (non-hydrogen) atoms. The third-order valence-corrected chi connectivity index (χ3v) is 3.71. The second-order valence-corrected chi connectivity index (χ2v) is 5.42. The number of aromatic nitrogens is 2. The summed E-state index contributed by atoms with van der Waals surface area (Å²) in [5.74, 6) is 0.815. The summed E-state index contributed by atoms with van der Waals surface area (Å²) < 4.78 is 5.67. The lowest BCUT2D eigenvalue weighted by Gasteiger charge is -2.18. The van der Waals surface area contributed by atoms with Crippen LogP contribution in [0.3, 0.4) is 0 Å². The largest absolute Gasteiger partial charge is 0.491 e. The van der Waals surface area contributed by atoms with Crippen LogP contribution in [0.2, 0.25) is 0 Å². The predicted octanol–water partition coefficient (Wildman–Crippen LogP) is 0.985. The number of carbonyl (C=O) groups is 1. The second kappa shape index (κ2) is 7.10. The quantitative estimate of drug-likeness (QED) is 0.816. The summed E-state index contributed by atoms with van der Waals surface area (Å²) >= 11 is 0. The molecule has 0 atom stereocenters. The van der Waals surface area contributed by atoms with Crippen molar-refractivity contribution in [1.82, 2.24) is 14.9 Å². The van der Waals surface area contributed by atoms with Gasteiger partial charge >= 0.3 is 0 Å². The molecular formula is C17H18N4O3. The first-order chi connectivity index (χ1) is 11.7. The molecule has 0 unspecified atom stereocenters. The molecule has 0 aliphatic carbocycles. The molecule has 0 bridgehead atoms. The van der Waals surface area contributed by atoms with Gasteiger partial charge in [-0.3, -0.25) is 4.79 Å². The smallest absolute Gasteiger partial charge is 0.246 e. The molecular weight excluding hydrogens is 308 g/mol. The first-order valence-electron chi connectivity index (χ1n) is 7.55. The normalized spacial score (nSPS) is 14.1. The van der Waals surface area contributed by atoms with Gasteiger partial charge in [0.1, 0.15) is 12.4 Å². The Bertz CT molecular complexity index is 759. The van der Waals surface area contributed by atoms with E-state index in [-0.39, 0.29) is 18.5 Å². The van der Waals surface area contributed by atoms with Crippen molar-refractivity contribution in [2.24, 2.45) is 0 Å². The fraction of sp³-hybridized carbons (Fsp3) is 0.235. The van der Waals surface area contributed by atoms with Crippen molar-refractivity contribution >= 4 is 17.9 Å². The number of nitrogens with two attached hydrogens (primary N) is 1. The number of hydrogen-bond donors (Lipinski definition) is 2. The summed E-state index contributed by atoms with van der Waals surface area (Å²) in [6.45, 7) is 1.31. The molecule has 0 spiro atoms. The number of aliphatic hydroxyl groups is 1. The van der Waals surface area contributed by atoms with Crippen molar-refractivity contribution in [3.63, 3.8) is 0 Å². The van der Waals surface area contributed by atoms with E-state index in [1.54, 1.807) is 23.4 Å². The number of nitrogen functional groups attached to an aromatic ring is 1. The van der Waals surface area contributed by atoms with Gasteiger partial charge in [-0.1, -0.05) is 6.07 Å². The third kappa shape index (κ3) is 3.69. The van der Waals surface area contributed by atoms with E-state index < -0.39 is 0 Å². The molecule has 7 heteroatoms. The Balaban J connectivity index is 1.73. The molecule has 1 aliphatic rings. The van der Waals surface area contributed by atoms with Gasteiger partial charge in [0, 0.05) is 36.1 Å². The van der Waals surface area contributed by atoms with Gasteiger partial charge in [0.25, 0.3) is 0 Å². The van der Waals surface area contributed by atoms with Crippen molar-refractivity contribution in [1.29, 1.82) is 0 Å². The van der Waals surface area contributed by atoms with Gasteiger partial charge in [-0.15, -0.1) is 0 Å². The van der Waals surface area contributed by atoms with Crippen LogP contribution >= 0.6 is 0 Å². The van der Waals surface area contributed by atoms with Crippen LogP contribution in [0.4, 0.5) is 5.95 Å². The Morgan fingerprint density at radius 2 is 2.17 bits per heavy atom. The topological polar surface area (TPSA) is 102 Å². The van der Waals surface area contributed by atoms with Crippen LogP contribution in [0.25, 0.3) is 6.08 Å². The van der Waals surface area contributed by atoms with Crippen LogP contribution in [0.15, 0.2) is 36.7 Å². The van der Waals surface area contributed by atoms with Crippen LogP contribution < -0.4 is 10.5 Å². The maximum absolute atomic E-state index is 12.4. The summed E-state index contributed by atoms with van der Waals surface area (Å²) in [5.41, 5.74) is 7.81. The van der Waals surface area contributed by atoms with Gasteiger partial charge in [0.15, 0.2) is 0 Å². The predicted molar refractivity (Wildman–Crippen MR) is 88.8 cm³/mol. The fourth-order valence-corrected chi connectivity index (χ4v) is 2.44. The number of nitrogens with zero attached hydrogens (tertiary/aromatic N) is 3. The zero-order valence-electron chi connectivity index (χ0n) is 13.1. The van der Waals surface area contributed by atoms with Crippen molar-refractivity contribution in [3.8, 4) is 5.75 Å². The Morgan fingerprint density at radius 3 is 2.92 bits per heavy atom. The molecule has 0 fully saturated rings. The minimum atomic E-state index is -0.127. The number of ether oxygens (including phenoxy) is 1. The summed E-state index contributed by atoms with van der Waals surface area (Å²) in [6.07, 6.45) is 6.25. The molecule has 2 aromatic rings. The van der Waals surface area contributed by atoms with Gasteiger partial charge in [-0.25, -0.2) is 9.97 Å². The number of rotatable bonds is 3. The second-order valence-electron chi connectivity index (χ2n) is 5.42. The number of carbonyl (C=O) groups excluding carboxylic acids is 1. The minimum Gasteiger partial charge on any atom is -0.491 e. The van der Waals surface area contributed by atoms with Crippen LogP contribution in [-0.2, 0) is 17.9 Å². The summed E-state index contributed by atoms with van der Waals surface area (Å²) in [7, 11) is 0. The Hall–Kier alpha value is -2.93. The SMILES string of the molecule is Nc1ncc(/C=C/C(=O)N2CCOc3ccc(CO)cc3C2)cn1. The molecule has 1 aromatic carbocycles. The molecule has 1 aliphatic heterocycles. The van der Waals surface area contributed by atoms with E-state index in [9.17, 15) is 9.90 Å². The monoisotopic (exact) mass is 326 g/mol. The lowest BCUT2D eigenvalue weighted by atomic mass is 10.1. The van der Waals surface area contributed by atoms with Crippen molar-refractivity contribution in [2.75, 3.05) is 18.9 Å². The number of aliphatic hydroxyl groups excluding tert-OH is 1. The maximum atomic E-state index is 12.4. The van der Waals surface area contributed by atoms with Gasteiger partial charge in [0.05, 0.1) is 13.2 Å². The lowest BCUT2D eigenvalue weighted by molar-refractivity contribution is -0.126.